The van der Waals surface area contributed by atoms with Crippen LogP contribution in [0.4, 0.5) is 0 Å². The van der Waals surface area contributed by atoms with E-state index in [1.165, 1.54) is 6.20 Å². The van der Waals surface area contributed by atoms with Crippen molar-refractivity contribution in [2.45, 2.75) is 19.8 Å². The number of halogens is 2. The summed E-state index contributed by atoms with van der Waals surface area (Å²) in [6.45, 7) is 2.88. The zero-order valence-electron chi connectivity index (χ0n) is 10.5. The monoisotopic (exact) mass is 347 g/mol. The number of nitrogens with one attached hydrogen (secondary N) is 2. The third-order valence-electron chi connectivity index (χ3n) is 2.26. The minimum Gasteiger partial charge on any atom is -0.356 e. The van der Waals surface area contributed by atoms with Crippen LogP contribution in [0.1, 0.15) is 30.1 Å². The summed E-state index contributed by atoms with van der Waals surface area (Å²) in [4.78, 5) is 27.0. The summed E-state index contributed by atoms with van der Waals surface area (Å²) in [5, 5.41) is 5.49. The Morgan fingerprint density at radius 3 is 2.79 bits per heavy atom. The molecule has 0 aromatic carbocycles. The lowest BCUT2D eigenvalue weighted by atomic mass is 10.2. The Hall–Kier alpha value is -1.14. The van der Waals surface area contributed by atoms with Gasteiger partial charge in [0, 0.05) is 30.2 Å². The first-order valence-electron chi connectivity index (χ1n) is 5.90. The molecule has 0 fully saturated rings. The van der Waals surface area contributed by atoms with Crippen molar-refractivity contribution in [3.05, 3.63) is 27.5 Å². The van der Waals surface area contributed by atoms with Gasteiger partial charge in [0.1, 0.15) is 5.15 Å². The predicted octanol–water partition coefficient (Wildman–Crippen LogP) is 2.14. The van der Waals surface area contributed by atoms with Crippen LogP contribution in [-0.4, -0.2) is 29.9 Å². The van der Waals surface area contributed by atoms with E-state index in [4.69, 9.17) is 11.6 Å². The summed E-state index contributed by atoms with van der Waals surface area (Å²) < 4.78 is 0.669. The number of hydrogen-bond donors (Lipinski definition) is 2. The number of nitrogens with zero attached hydrogens (tertiary/aromatic N) is 1. The quantitative estimate of drug-likeness (QED) is 0.774. The number of carbonyl (C=O) groups excluding carboxylic acids is 2. The predicted molar refractivity (Wildman–Crippen MR) is 77.2 cm³/mol. The number of pyridine rings is 1. The van der Waals surface area contributed by atoms with Crippen LogP contribution in [-0.2, 0) is 4.79 Å². The molecule has 1 heterocycles. The number of rotatable bonds is 6. The molecule has 0 aliphatic carbocycles. The molecule has 0 unspecified atom stereocenters. The van der Waals surface area contributed by atoms with Crippen molar-refractivity contribution >= 4 is 39.3 Å². The molecule has 0 radical (unpaired) electrons. The van der Waals surface area contributed by atoms with E-state index in [-0.39, 0.29) is 35.5 Å². The smallest absolute Gasteiger partial charge is 0.254 e. The lowest BCUT2D eigenvalue weighted by Crippen LogP contribution is -2.31. The van der Waals surface area contributed by atoms with Gasteiger partial charge in [0.05, 0.1) is 5.56 Å². The van der Waals surface area contributed by atoms with Crippen molar-refractivity contribution < 1.29 is 9.59 Å². The van der Waals surface area contributed by atoms with Gasteiger partial charge in [0.25, 0.3) is 5.91 Å². The van der Waals surface area contributed by atoms with Crippen LogP contribution in [0.15, 0.2) is 16.7 Å². The molecule has 0 saturated heterocycles. The third kappa shape index (κ3) is 5.57. The van der Waals surface area contributed by atoms with Gasteiger partial charge in [-0.3, -0.25) is 9.59 Å². The maximum absolute atomic E-state index is 11.8. The summed E-state index contributed by atoms with van der Waals surface area (Å²) in [6, 6.07) is 1.59. The molecule has 1 rings (SSSR count). The zero-order chi connectivity index (χ0) is 14.3. The Bertz CT molecular complexity index is 468. The largest absolute Gasteiger partial charge is 0.356 e. The first kappa shape index (κ1) is 15.9. The van der Waals surface area contributed by atoms with E-state index in [1.807, 2.05) is 6.92 Å². The number of aromatic nitrogens is 1. The SMILES string of the molecule is CCCNC(=O)CCNC(=O)c1cc(Br)cnc1Cl. The van der Waals surface area contributed by atoms with E-state index in [0.717, 1.165) is 6.42 Å². The minimum atomic E-state index is -0.345. The van der Waals surface area contributed by atoms with Crippen molar-refractivity contribution in [1.29, 1.82) is 0 Å². The van der Waals surface area contributed by atoms with Crippen molar-refractivity contribution in [3.8, 4) is 0 Å². The molecule has 1 aromatic heterocycles. The Morgan fingerprint density at radius 1 is 1.37 bits per heavy atom. The average molecular weight is 349 g/mol. The Labute approximate surface area is 125 Å². The molecule has 19 heavy (non-hydrogen) atoms. The topological polar surface area (TPSA) is 71.1 Å². The van der Waals surface area contributed by atoms with Crippen LogP contribution < -0.4 is 10.6 Å². The van der Waals surface area contributed by atoms with Crippen LogP contribution in [0.3, 0.4) is 0 Å². The van der Waals surface area contributed by atoms with Crippen LogP contribution in [0.25, 0.3) is 0 Å². The second-order valence-corrected chi connectivity index (χ2v) is 5.12. The van der Waals surface area contributed by atoms with Crippen molar-refractivity contribution in [3.63, 3.8) is 0 Å². The molecule has 5 nitrogen and oxygen atoms in total. The van der Waals surface area contributed by atoms with E-state index in [1.54, 1.807) is 6.07 Å². The average Bonchev–Trinajstić information content (AvgIpc) is 2.39. The first-order valence-corrected chi connectivity index (χ1v) is 7.07. The van der Waals surface area contributed by atoms with E-state index < -0.39 is 0 Å². The first-order chi connectivity index (χ1) is 9.04. The van der Waals surface area contributed by atoms with Crippen molar-refractivity contribution in [2.75, 3.05) is 13.1 Å². The van der Waals surface area contributed by atoms with E-state index in [2.05, 4.69) is 31.5 Å². The Balaban J connectivity index is 2.43. The molecule has 0 bridgehead atoms. The number of hydrogen-bond acceptors (Lipinski definition) is 3. The van der Waals surface area contributed by atoms with Gasteiger partial charge in [-0.05, 0) is 28.4 Å². The molecule has 2 N–H and O–H groups in total. The van der Waals surface area contributed by atoms with Gasteiger partial charge in [-0.15, -0.1) is 0 Å². The molecule has 0 spiro atoms. The molecule has 0 atom stereocenters. The van der Waals surface area contributed by atoms with Crippen LogP contribution >= 0.6 is 27.5 Å². The summed E-state index contributed by atoms with van der Waals surface area (Å²) in [6.07, 6.45) is 2.64. The van der Waals surface area contributed by atoms with Crippen molar-refractivity contribution in [2.24, 2.45) is 0 Å². The highest BCUT2D eigenvalue weighted by Gasteiger charge is 2.12. The standard InChI is InChI=1S/C12H15BrClN3O2/c1-2-4-15-10(18)3-5-16-12(19)9-6-8(13)7-17-11(9)14/h6-7H,2-5H2,1H3,(H,15,18)(H,16,19). The van der Waals surface area contributed by atoms with Crippen LogP contribution in [0, 0.1) is 0 Å². The highest BCUT2D eigenvalue weighted by Crippen LogP contribution is 2.17. The van der Waals surface area contributed by atoms with Crippen LogP contribution in [0.2, 0.25) is 5.15 Å². The highest BCUT2D eigenvalue weighted by atomic mass is 79.9. The Kier molecular flexibility index (Phi) is 6.80. The molecular weight excluding hydrogens is 334 g/mol. The lowest BCUT2D eigenvalue weighted by molar-refractivity contribution is -0.120. The van der Waals surface area contributed by atoms with Gasteiger partial charge in [-0.25, -0.2) is 4.98 Å². The maximum atomic E-state index is 11.8. The second kappa shape index (κ2) is 8.12. The van der Waals surface area contributed by atoms with E-state index in [9.17, 15) is 9.59 Å². The maximum Gasteiger partial charge on any atom is 0.254 e. The molecule has 0 aliphatic rings. The summed E-state index contributed by atoms with van der Waals surface area (Å²) in [5.41, 5.74) is 0.282. The molecular formula is C12H15BrClN3O2. The molecule has 104 valence electrons. The molecule has 2 amide bonds. The molecule has 0 saturated carbocycles. The lowest BCUT2D eigenvalue weighted by Gasteiger charge is -2.07. The summed E-state index contributed by atoms with van der Waals surface area (Å²) >= 11 is 9.05. The van der Waals surface area contributed by atoms with Gasteiger partial charge < -0.3 is 10.6 Å². The number of carbonyl (C=O) groups is 2. The molecule has 1 aromatic rings. The zero-order valence-corrected chi connectivity index (χ0v) is 12.8. The molecule has 7 heteroatoms. The highest BCUT2D eigenvalue weighted by molar-refractivity contribution is 9.10. The van der Waals surface area contributed by atoms with Gasteiger partial charge in [-0.2, -0.15) is 0 Å². The van der Waals surface area contributed by atoms with Crippen LogP contribution in [0.5, 0.6) is 0 Å². The van der Waals surface area contributed by atoms with E-state index in [0.29, 0.717) is 11.0 Å². The fraction of sp³-hybridized carbons (Fsp3) is 0.417. The second-order valence-electron chi connectivity index (χ2n) is 3.85. The summed E-state index contributed by atoms with van der Waals surface area (Å²) in [5.74, 6) is -0.428. The molecule has 0 aliphatic heterocycles. The van der Waals surface area contributed by atoms with Gasteiger partial charge >= 0.3 is 0 Å². The van der Waals surface area contributed by atoms with Crippen molar-refractivity contribution in [1.82, 2.24) is 15.6 Å². The van der Waals surface area contributed by atoms with Gasteiger partial charge in [0.15, 0.2) is 0 Å². The normalized spacial score (nSPS) is 10.1. The fourth-order valence-corrected chi connectivity index (χ4v) is 1.84. The minimum absolute atomic E-state index is 0.0828. The Morgan fingerprint density at radius 2 is 2.11 bits per heavy atom. The third-order valence-corrected chi connectivity index (χ3v) is 2.99. The number of amides is 2. The van der Waals surface area contributed by atoms with Gasteiger partial charge in [-0.1, -0.05) is 18.5 Å². The van der Waals surface area contributed by atoms with E-state index >= 15 is 0 Å². The summed E-state index contributed by atoms with van der Waals surface area (Å²) in [7, 11) is 0. The fourth-order valence-electron chi connectivity index (χ4n) is 1.32. The van der Waals surface area contributed by atoms with Gasteiger partial charge in [0.2, 0.25) is 5.91 Å².